The van der Waals surface area contributed by atoms with Crippen LogP contribution in [0.5, 0.6) is 0 Å². The van der Waals surface area contributed by atoms with Crippen LogP contribution < -0.4 is 10.2 Å². The molecule has 7 heteroatoms. The van der Waals surface area contributed by atoms with Crippen molar-refractivity contribution < 1.29 is 14.7 Å². The van der Waals surface area contributed by atoms with Gasteiger partial charge < -0.3 is 15.3 Å². The number of halogens is 1. The third-order valence-electron chi connectivity index (χ3n) is 4.05. The molecule has 3 amide bonds. The number of carbonyl (C=O) groups excluding carboxylic acids is 1. The number of likely N-dealkylation sites (tertiary alicyclic amines) is 1. The molecule has 0 saturated carbocycles. The Morgan fingerprint density at radius 1 is 1.33 bits per heavy atom. The highest BCUT2D eigenvalue weighted by atomic mass is 79.9. The lowest BCUT2D eigenvalue weighted by Gasteiger charge is -2.40. The lowest BCUT2D eigenvalue weighted by Crippen LogP contribution is -2.53. The fourth-order valence-corrected chi connectivity index (χ4v) is 3.38. The smallest absolute Gasteiger partial charge is 0.407 e. The standard InChI is InChI=1S/C14H16BrN3O3/c15-10-1-2-12-9(7-10)8-16-13(19)18(12)11-3-5-17(6-4-11)14(20)21/h1-2,7,11H,3-6,8H2,(H,16,19)(H,20,21). The number of hydrogen-bond donors (Lipinski definition) is 2. The van der Waals surface area contributed by atoms with Gasteiger partial charge in [0.1, 0.15) is 0 Å². The zero-order chi connectivity index (χ0) is 15.0. The number of rotatable bonds is 1. The molecule has 0 atom stereocenters. The van der Waals surface area contributed by atoms with E-state index >= 15 is 0 Å². The molecule has 1 aromatic carbocycles. The Balaban J connectivity index is 1.83. The molecule has 2 aliphatic heterocycles. The second-order valence-corrected chi connectivity index (χ2v) is 6.22. The highest BCUT2D eigenvalue weighted by Gasteiger charge is 2.33. The number of carboxylic acid groups (broad SMARTS) is 1. The van der Waals surface area contributed by atoms with E-state index < -0.39 is 6.09 Å². The number of nitrogens with zero attached hydrogens (tertiary/aromatic N) is 2. The number of nitrogens with one attached hydrogen (secondary N) is 1. The van der Waals surface area contributed by atoms with Gasteiger partial charge in [-0.2, -0.15) is 0 Å². The summed E-state index contributed by atoms with van der Waals surface area (Å²) in [5, 5.41) is 11.9. The van der Waals surface area contributed by atoms with Gasteiger partial charge in [-0.3, -0.25) is 4.90 Å². The molecule has 2 N–H and O–H groups in total. The van der Waals surface area contributed by atoms with Crippen molar-refractivity contribution in [2.45, 2.75) is 25.4 Å². The highest BCUT2D eigenvalue weighted by Crippen LogP contribution is 2.31. The van der Waals surface area contributed by atoms with Gasteiger partial charge in [0.05, 0.1) is 5.69 Å². The number of hydrogen-bond acceptors (Lipinski definition) is 2. The van der Waals surface area contributed by atoms with Crippen molar-refractivity contribution in [2.75, 3.05) is 18.0 Å². The molecular formula is C14H16BrN3O3. The number of fused-ring (bicyclic) bond motifs is 1. The number of amides is 3. The Morgan fingerprint density at radius 2 is 2.05 bits per heavy atom. The summed E-state index contributed by atoms with van der Waals surface area (Å²) in [6.45, 7) is 1.46. The fourth-order valence-electron chi connectivity index (χ4n) is 2.97. The Labute approximate surface area is 130 Å². The third kappa shape index (κ3) is 2.70. The summed E-state index contributed by atoms with van der Waals surface area (Å²) < 4.78 is 0.984. The van der Waals surface area contributed by atoms with Crippen molar-refractivity contribution in [3.8, 4) is 0 Å². The molecule has 0 aliphatic carbocycles. The van der Waals surface area contributed by atoms with Crippen LogP contribution in [-0.2, 0) is 6.54 Å². The summed E-state index contributed by atoms with van der Waals surface area (Å²) in [4.78, 5) is 26.4. The quantitative estimate of drug-likeness (QED) is 0.814. The molecule has 21 heavy (non-hydrogen) atoms. The zero-order valence-electron chi connectivity index (χ0n) is 11.4. The van der Waals surface area contributed by atoms with E-state index in [2.05, 4.69) is 21.2 Å². The first-order valence-electron chi connectivity index (χ1n) is 6.89. The monoisotopic (exact) mass is 353 g/mol. The van der Waals surface area contributed by atoms with E-state index in [0.717, 1.165) is 15.7 Å². The van der Waals surface area contributed by atoms with Crippen LogP contribution in [0.15, 0.2) is 22.7 Å². The molecular weight excluding hydrogens is 338 g/mol. The Kier molecular flexibility index (Phi) is 3.75. The summed E-state index contributed by atoms with van der Waals surface area (Å²) in [6, 6.07) is 5.83. The molecule has 2 heterocycles. The molecule has 0 aromatic heterocycles. The van der Waals surface area contributed by atoms with Gasteiger partial charge in [-0.15, -0.1) is 0 Å². The molecule has 1 saturated heterocycles. The van der Waals surface area contributed by atoms with Crippen LogP contribution in [0, 0.1) is 0 Å². The van der Waals surface area contributed by atoms with Crippen LogP contribution in [-0.4, -0.2) is 41.3 Å². The highest BCUT2D eigenvalue weighted by molar-refractivity contribution is 9.10. The minimum Gasteiger partial charge on any atom is -0.465 e. The number of urea groups is 1. The summed E-state index contributed by atoms with van der Waals surface area (Å²) in [6.07, 6.45) is 0.436. The maximum atomic E-state index is 12.2. The summed E-state index contributed by atoms with van der Waals surface area (Å²) >= 11 is 3.44. The Morgan fingerprint density at radius 3 is 2.71 bits per heavy atom. The lowest BCUT2D eigenvalue weighted by atomic mass is 10.0. The van der Waals surface area contributed by atoms with Gasteiger partial charge in [0.25, 0.3) is 0 Å². The predicted octanol–water partition coefficient (Wildman–Crippen LogP) is 2.62. The van der Waals surface area contributed by atoms with Crippen LogP contribution in [0.3, 0.4) is 0 Å². The molecule has 3 rings (SSSR count). The average molecular weight is 354 g/mol. The molecule has 1 aromatic rings. The van der Waals surface area contributed by atoms with Crippen molar-refractivity contribution in [1.82, 2.24) is 10.2 Å². The molecule has 112 valence electrons. The van der Waals surface area contributed by atoms with Gasteiger partial charge in [0.15, 0.2) is 0 Å². The van der Waals surface area contributed by atoms with Crippen molar-refractivity contribution in [2.24, 2.45) is 0 Å². The Bertz CT molecular complexity index is 585. The van der Waals surface area contributed by atoms with Crippen LogP contribution in [0.1, 0.15) is 18.4 Å². The molecule has 6 nitrogen and oxygen atoms in total. The molecule has 0 bridgehead atoms. The van der Waals surface area contributed by atoms with E-state index in [9.17, 15) is 9.59 Å². The normalized spacial score (nSPS) is 19.2. The zero-order valence-corrected chi connectivity index (χ0v) is 13.0. The van der Waals surface area contributed by atoms with Gasteiger partial charge in [-0.05, 0) is 36.6 Å². The van der Waals surface area contributed by atoms with E-state index in [1.165, 1.54) is 4.90 Å². The summed E-state index contributed by atoms with van der Waals surface area (Å²) in [5.74, 6) is 0. The van der Waals surface area contributed by atoms with E-state index in [1.807, 2.05) is 18.2 Å². The van der Waals surface area contributed by atoms with Crippen LogP contribution >= 0.6 is 15.9 Å². The topological polar surface area (TPSA) is 72.9 Å². The van der Waals surface area contributed by atoms with Crippen LogP contribution in [0.25, 0.3) is 0 Å². The van der Waals surface area contributed by atoms with Crippen LogP contribution in [0.2, 0.25) is 0 Å². The maximum Gasteiger partial charge on any atom is 0.407 e. The maximum absolute atomic E-state index is 12.2. The molecule has 2 aliphatic rings. The van der Waals surface area contributed by atoms with E-state index in [-0.39, 0.29) is 12.1 Å². The van der Waals surface area contributed by atoms with Gasteiger partial charge in [-0.1, -0.05) is 15.9 Å². The van der Waals surface area contributed by atoms with Crippen molar-refractivity contribution >= 4 is 33.7 Å². The number of piperidine rings is 1. The molecule has 0 spiro atoms. The van der Waals surface area contributed by atoms with Crippen LogP contribution in [0.4, 0.5) is 15.3 Å². The number of benzene rings is 1. The van der Waals surface area contributed by atoms with Crippen molar-refractivity contribution in [3.05, 3.63) is 28.2 Å². The van der Waals surface area contributed by atoms with Gasteiger partial charge in [0.2, 0.25) is 0 Å². The molecule has 1 fully saturated rings. The van der Waals surface area contributed by atoms with E-state index in [0.29, 0.717) is 32.5 Å². The first kappa shape index (κ1) is 14.2. The van der Waals surface area contributed by atoms with E-state index in [4.69, 9.17) is 5.11 Å². The van der Waals surface area contributed by atoms with Gasteiger partial charge >= 0.3 is 12.1 Å². The summed E-state index contributed by atoms with van der Waals surface area (Å²) in [7, 11) is 0. The first-order chi connectivity index (χ1) is 10.1. The first-order valence-corrected chi connectivity index (χ1v) is 7.69. The predicted molar refractivity (Wildman–Crippen MR) is 81.5 cm³/mol. The number of carbonyl (C=O) groups is 2. The second kappa shape index (κ2) is 5.55. The second-order valence-electron chi connectivity index (χ2n) is 5.30. The largest absolute Gasteiger partial charge is 0.465 e. The molecule has 0 unspecified atom stereocenters. The van der Waals surface area contributed by atoms with Gasteiger partial charge in [0, 0.05) is 30.1 Å². The third-order valence-corrected chi connectivity index (χ3v) is 4.54. The van der Waals surface area contributed by atoms with E-state index in [1.54, 1.807) is 4.90 Å². The summed E-state index contributed by atoms with van der Waals surface area (Å²) in [5.41, 5.74) is 2.00. The Hall–Kier alpha value is -1.76. The number of anilines is 1. The lowest BCUT2D eigenvalue weighted by molar-refractivity contribution is 0.132. The van der Waals surface area contributed by atoms with Crippen molar-refractivity contribution in [1.29, 1.82) is 0 Å². The van der Waals surface area contributed by atoms with Crippen molar-refractivity contribution in [3.63, 3.8) is 0 Å². The molecule has 0 radical (unpaired) electrons. The average Bonchev–Trinajstić information content (AvgIpc) is 2.47. The SMILES string of the molecule is O=C(O)N1CCC(N2C(=O)NCc3cc(Br)ccc32)CC1. The fraction of sp³-hybridized carbons (Fsp3) is 0.429. The minimum atomic E-state index is -0.888. The van der Waals surface area contributed by atoms with Gasteiger partial charge in [-0.25, -0.2) is 9.59 Å². The minimum absolute atomic E-state index is 0.0424.